The van der Waals surface area contributed by atoms with Gasteiger partial charge in [-0.05, 0) is 19.8 Å². The first kappa shape index (κ1) is 21.5. The van der Waals surface area contributed by atoms with E-state index in [2.05, 4.69) is 16.8 Å². The number of nitrogens with one attached hydrogen (secondary N) is 1. The van der Waals surface area contributed by atoms with Crippen molar-refractivity contribution < 1.29 is 14.1 Å². The van der Waals surface area contributed by atoms with Crippen molar-refractivity contribution in [2.75, 3.05) is 19.6 Å². The number of nitrogens with zero attached hydrogens (tertiary/aromatic N) is 3. The summed E-state index contributed by atoms with van der Waals surface area (Å²) < 4.78 is 6.95. The summed E-state index contributed by atoms with van der Waals surface area (Å²) in [5.74, 6) is -0.821. The van der Waals surface area contributed by atoms with Gasteiger partial charge in [-0.3, -0.25) is 19.3 Å². The van der Waals surface area contributed by atoms with Gasteiger partial charge in [0.1, 0.15) is 11.7 Å². The molecule has 4 rings (SSSR count). The Bertz CT molecular complexity index is 1040. The Kier molecular flexibility index (Phi) is 6.12. The maximum atomic E-state index is 13.2. The average Bonchev–Trinajstić information content (AvgIpc) is 3.35. The molecular weight excluding hydrogens is 415 g/mol. The zero-order valence-electron chi connectivity index (χ0n) is 17.5. The Balaban J connectivity index is 1.62. The topological polar surface area (TPSA) is 83.9 Å². The molecule has 3 atom stereocenters. The molecule has 2 amide bonds. The van der Waals surface area contributed by atoms with Crippen molar-refractivity contribution in [1.29, 1.82) is 0 Å². The minimum atomic E-state index is -0.585. The summed E-state index contributed by atoms with van der Waals surface area (Å²) in [5, 5.41) is 2.77. The second-order valence-corrected chi connectivity index (χ2v) is 8.34. The Morgan fingerprint density at radius 3 is 2.90 bits per heavy atom. The lowest BCUT2D eigenvalue weighted by Gasteiger charge is -2.36. The van der Waals surface area contributed by atoms with E-state index >= 15 is 0 Å². The van der Waals surface area contributed by atoms with Gasteiger partial charge in [-0.15, -0.1) is 0 Å². The number of hydrogen-bond acceptors (Lipinski definition) is 5. The second kappa shape index (κ2) is 8.81. The van der Waals surface area contributed by atoms with Crippen LogP contribution in [-0.2, 0) is 6.54 Å². The van der Waals surface area contributed by atoms with E-state index in [0.717, 1.165) is 25.0 Å². The van der Waals surface area contributed by atoms with Gasteiger partial charge in [-0.1, -0.05) is 36.5 Å². The predicted molar refractivity (Wildman–Crippen MR) is 121 cm³/mol. The van der Waals surface area contributed by atoms with E-state index in [1.165, 1.54) is 6.20 Å². The van der Waals surface area contributed by atoms with Gasteiger partial charge in [0.15, 0.2) is 11.4 Å². The van der Waals surface area contributed by atoms with Crippen molar-refractivity contribution in [2.24, 2.45) is 0 Å². The van der Waals surface area contributed by atoms with Crippen LogP contribution >= 0.6 is 9.47 Å². The molecule has 0 aliphatic carbocycles. The van der Waals surface area contributed by atoms with E-state index in [0.29, 0.717) is 25.7 Å². The van der Waals surface area contributed by atoms with Gasteiger partial charge in [0.2, 0.25) is 5.43 Å². The fourth-order valence-electron chi connectivity index (χ4n) is 4.65. The number of rotatable bonds is 6. The SMILES string of the molecule is C=C/C=C\C=C(/C)CNC(=O)c1cn2c(c(OP)c1=O)C(=O)N1C[C@@H]3CCCN3[C@H]1C2. The van der Waals surface area contributed by atoms with Gasteiger partial charge in [0.25, 0.3) is 11.8 Å². The average molecular weight is 442 g/mol. The number of carbonyl (C=O) groups is 2. The van der Waals surface area contributed by atoms with Gasteiger partial charge in [0.05, 0.1) is 16.0 Å². The van der Waals surface area contributed by atoms with Crippen LogP contribution in [0.5, 0.6) is 5.75 Å². The van der Waals surface area contributed by atoms with Crippen molar-refractivity contribution in [2.45, 2.75) is 38.5 Å². The summed E-state index contributed by atoms with van der Waals surface area (Å²) in [5.41, 5.74) is 0.509. The van der Waals surface area contributed by atoms with Gasteiger partial charge in [-0.2, -0.15) is 0 Å². The number of hydrogen-bond donors (Lipinski definition) is 1. The molecule has 9 heteroatoms. The highest BCUT2D eigenvalue weighted by atomic mass is 31.0. The van der Waals surface area contributed by atoms with Crippen molar-refractivity contribution >= 4 is 21.3 Å². The van der Waals surface area contributed by atoms with E-state index in [1.54, 1.807) is 16.7 Å². The number of fused-ring (bicyclic) bond motifs is 4. The molecule has 1 N–H and O–H groups in total. The molecule has 31 heavy (non-hydrogen) atoms. The first-order chi connectivity index (χ1) is 15.0. The molecule has 0 aromatic carbocycles. The van der Waals surface area contributed by atoms with Crippen molar-refractivity contribution in [3.8, 4) is 5.75 Å². The van der Waals surface area contributed by atoms with Crippen molar-refractivity contribution in [3.63, 3.8) is 0 Å². The minimum Gasteiger partial charge on any atom is -0.474 e. The molecule has 0 spiro atoms. The van der Waals surface area contributed by atoms with E-state index < -0.39 is 11.3 Å². The van der Waals surface area contributed by atoms with Crippen LogP contribution in [-0.4, -0.2) is 58.0 Å². The molecule has 164 valence electrons. The molecule has 1 aromatic heterocycles. The highest BCUT2D eigenvalue weighted by Gasteiger charge is 2.48. The molecule has 4 heterocycles. The third kappa shape index (κ3) is 3.86. The third-order valence-electron chi connectivity index (χ3n) is 6.15. The van der Waals surface area contributed by atoms with E-state index in [-0.39, 0.29) is 29.1 Å². The molecule has 0 bridgehead atoms. The fourth-order valence-corrected chi connectivity index (χ4v) is 4.87. The summed E-state index contributed by atoms with van der Waals surface area (Å²) in [7, 11) is 2.03. The van der Waals surface area contributed by atoms with E-state index in [4.69, 9.17) is 4.52 Å². The van der Waals surface area contributed by atoms with Crippen LogP contribution in [0.15, 0.2) is 47.4 Å². The number of aromatic nitrogens is 1. The lowest BCUT2D eigenvalue weighted by molar-refractivity contribution is 0.0516. The summed E-state index contributed by atoms with van der Waals surface area (Å²) >= 11 is 0. The monoisotopic (exact) mass is 442 g/mol. The van der Waals surface area contributed by atoms with Gasteiger partial charge >= 0.3 is 0 Å². The summed E-state index contributed by atoms with van der Waals surface area (Å²) in [6.07, 6.45) is 10.8. The lowest BCUT2D eigenvalue weighted by atomic mass is 10.1. The smallest absolute Gasteiger partial charge is 0.275 e. The summed E-state index contributed by atoms with van der Waals surface area (Å²) in [6.45, 7) is 7.92. The quantitative estimate of drug-likeness (QED) is 0.536. The van der Waals surface area contributed by atoms with E-state index in [9.17, 15) is 14.4 Å². The van der Waals surface area contributed by atoms with E-state index in [1.807, 2.05) is 33.4 Å². The third-order valence-corrected chi connectivity index (χ3v) is 6.39. The molecule has 8 nitrogen and oxygen atoms in total. The number of allylic oxidation sites excluding steroid dienone is 4. The van der Waals surface area contributed by atoms with Crippen LogP contribution in [0, 0.1) is 0 Å². The Labute approximate surface area is 183 Å². The standard InChI is InChI=1S/C22H27N4O4P/c1-3-4-5-7-14(2)10-23-21(28)16-12-24-13-17-25-9-6-8-15(25)11-26(17)22(29)18(24)20(30-31)19(16)27/h3-5,7,12,15,17H,1,6,8-11,13,31H2,2H3,(H,23,28)/b5-4-,14-7+/t15-,17+/m0/s1. The van der Waals surface area contributed by atoms with Crippen molar-refractivity contribution in [3.05, 3.63) is 64.1 Å². The van der Waals surface area contributed by atoms with Crippen LogP contribution < -0.4 is 15.3 Å². The summed E-state index contributed by atoms with van der Waals surface area (Å²) in [4.78, 5) is 43.2. The van der Waals surface area contributed by atoms with Crippen LogP contribution in [0.25, 0.3) is 0 Å². The molecule has 2 saturated heterocycles. The molecule has 2 fully saturated rings. The Morgan fingerprint density at radius 2 is 2.16 bits per heavy atom. The van der Waals surface area contributed by atoms with Gasteiger partial charge < -0.3 is 19.3 Å². The van der Waals surface area contributed by atoms with Gasteiger partial charge in [-0.25, -0.2) is 0 Å². The van der Waals surface area contributed by atoms with Crippen molar-refractivity contribution in [1.82, 2.24) is 19.7 Å². The molecule has 0 saturated carbocycles. The highest BCUT2D eigenvalue weighted by Crippen LogP contribution is 2.35. The zero-order chi connectivity index (χ0) is 22.1. The van der Waals surface area contributed by atoms with Crippen LogP contribution in [0.4, 0.5) is 0 Å². The molecule has 0 radical (unpaired) electrons. The fraction of sp³-hybridized carbons (Fsp3) is 0.409. The van der Waals surface area contributed by atoms with Crippen LogP contribution in [0.1, 0.15) is 40.6 Å². The predicted octanol–water partition coefficient (Wildman–Crippen LogP) is 1.70. The lowest BCUT2D eigenvalue weighted by Crippen LogP contribution is -2.50. The van der Waals surface area contributed by atoms with Crippen LogP contribution in [0.3, 0.4) is 0 Å². The minimum absolute atomic E-state index is 0.0344. The van der Waals surface area contributed by atoms with Gasteiger partial charge in [0, 0.05) is 31.9 Å². The largest absolute Gasteiger partial charge is 0.474 e. The van der Waals surface area contributed by atoms with Crippen LogP contribution in [0.2, 0.25) is 0 Å². The summed E-state index contributed by atoms with van der Waals surface area (Å²) in [6, 6.07) is 0.364. The zero-order valence-corrected chi connectivity index (χ0v) is 18.7. The molecule has 1 aromatic rings. The maximum absolute atomic E-state index is 13.2. The molecule has 3 aliphatic rings. The second-order valence-electron chi connectivity index (χ2n) is 8.11. The first-order valence-corrected chi connectivity index (χ1v) is 10.9. The maximum Gasteiger partial charge on any atom is 0.275 e. The molecular formula is C22H27N4O4P. The Morgan fingerprint density at radius 1 is 1.35 bits per heavy atom. The number of carbonyl (C=O) groups excluding carboxylic acids is 2. The normalized spacial score (nSPS) is 23.0. The Hall–Kier alpha value is -2.70. The highest BCUT2D eigenvalue weighted by molar-refractivity contribution is 7.10. The first-order valence-electron chi connectivity index (χ1n) is 10.4. The molecule has 3 aliphatic heterocycles. The number of pyridine rings is 1. The molecule has 1 unspecified atom stereocenters. The number of amides is 2.